The van der Waals surface area contributed by atoms with E-state index in [2.05, 4.69) is 25.6 Å². The minimum absolute atomic E-state index is 0.214. The van der Waals surface area contributed by atoms with Crippen molar-refractivity contribution in [3.05, 3.63) is 58.3 Å². The summed E-state index contributed by atoms with van der Waals surface area (Å²) in [7, 11) is -4.31. The smallest absolute Gasteiger partial charge is 0.260 e. The van der Waals surface area contributed by atoms with Gasteiger partial charge in [-0.1, -0.05) is 28.1 Å². The van der Waals surface area contributed by atoms with E-state index in [9.17, 15) is 21.6 Å². The Morgan fingerprint density at radius 1 is 1.18 bits per heavy atom. The topological polar surface area (TPSA) is 59.1 Å². The highest BCUT2D eigenvalue weighted by Crippen LogP contribution is 2.33. The molecule has 0 spiro atoms. The maximum Gasteiger partial charge on any atom is 0.417 e. The van der Waals surface area contributed by atoms with E-state index in [4.69, 9.17) is 0 Å². The largest absolute Gasteiger partial charge is 0.417 e. The molecule has 0 amide bonds. The summed E-state index contributed by atoms with van der Waals surface area (Å²) >= 11 is 3.20. The molecule has 1 heterocycles. The number of aromatic nitrogens is 1. The van der Waals surface area contributed by atoms with Crippen LogP contribution in [-0.4, -0.2) is 13.4 Å². The lowest BCUT2D eigenvalue weighted by molar-refractivity contribution is -0.139. The van der Waals surface area contributed by atoms with Crippen molar-refractivity contribution in [1.82, 2.24) is 9.71 Å². The molecule has 0 aliphatic carbocycles. The van der Waals surface area contributed by atoms with Crippen molar-refractivity contribution in [2.24, 2.45) is 0 Å². The van der Waals surface area contributed by atoms with Crippen molar-refractivity contribution in [2.45, 2.75) is 17.6 Å². The highest BCUT2D eigenvalue weighted by Gasteiger charge is 2.36. The van der Waals surface area contributed by atoms with E-state index >= 15 is 0 Å². The number of nitrogens with one attached hydrogen (secondary N) is 1. The average molecular weight is 395 g/mol. The van der Waals surface area contributed by atoms with Crippen LogP contribution in [0.5, 0.6) is 0 Å². The fourth-order valence-corrected chi connectivity index (χ4v) is 3.33. The van der Waals surface area contributed by atoms with E-state index in [1.807, 2.05) is 0 Å². The molecule has 0 fully saturated rings. The predicted molar refractivity (Wildman–Crippen MR) is 77.4 cm³/mol. The van der Waals surface area contributed by atoms with Gasteiger partial charge in [0, 0.05) is 10.7 Å². The number of pyridine rings is 1. The fraction of sp³-hybridized carbons (Fsp3) is 0.154. The Morgan fingerprint density at radius 3 is 2.50 bits per heavy atom. The Labute approximate surface area is 133 Å². The number of alkyl halides is 3. The Bertz CT molecular complexity index is 779. The maximum atomic E-state index is 12.9. The molecule has 1 aromatic heterocycles. The number of halogens is 4. The molecule has 0 radical (unpaired) electrons. The van der Waals surface area contributed by atoms with Crippen molar-refractivity contribution in [3.8, 4) is 0 Å². The first-order chi connectivity index (χ1) is 10.2. The zero-order valence-electron chi connectivity index (χ0n) is 10.9. The van der Waals surface area contributed by atoms with Gasteiger partial charge in [-0.05, 0) is 24.3 Å². The Hall–Kier alpha value is -1.45. The van der Waals surface area contributed by atoms with Gasteiger partial charge in [0.1, 0.15) is 0 Å². The van der Waals surface area contributed by atoms with Gasteiger partial charge in [-0.2, -0.15) is 13.2 Å². The molecular formula is C13H10BrF3N2O2S. The number of rotatable bonds is 4. The Kier molecular flexibility index (Phi) is 4.88. The van der Waals surface area contributed by atoms with E-state index in [1.165, 1.54) is 12.3 Å². The van der Waals surface area contributed by atoms with Gasteiger partial charge < -0.3 is 0 Å². The molecule has 0 aliphatic heterocycles. The number of hydrogen-bond donors (Lipinski definition) is 1. The van der Waals surface area contributed by atoms with Gasteiger partial charge >= 0.3 is 6.18 Å². The number of nitrogens with zero attached hydrogens (tertiary/aromatic N) is 1. The van der Waals surface area contributed by atoms with Gasteiger partial charge in [0.25, 0.3) is 0 Å². The molecule has 0 saturated carbocycles. The molecule has 0 atom stereocenters. The summed E-state index contributed by atoms with van der Waals surface area (Å²) in [5.74, 6) is 0. The summed E-state index contributed by atoms with van der Waals surface area (Å²) in [6.45, 7) is -0.214. The van der Waals surface area contributed by atoms with Crippen molar-refractivity contribution in [1.29, 1.82) is 0 Å². The van der Waals surface area contributed by atoms with Crippen LogP contribution in [0.1, 0.15) is 11.3 Å². The monoisotopic (exact) mass is 394 g/mol. The van der Waals surface area contributed by atoms with Crippen LogP contribution in [0.4, 0.5) is 13.2 Å². The summed E-state index contributed by atoms with van der Waals surface area (Å²) in [5, 5.41) is 0. The van der Waals surface area contributed by atoms with Crippen LogP contribution in [0.15, 0.2) is 52.0 Å². The molecule has 2 rings (SSSR count). The summed E-state index contributed by atoms with van der Waals surface area (Å²) in [5.41, 5.74) is -0.827. The SMILES string of the molecule is O=S(=O)(NCc1cc(Br)ccn1)c1ccccc1C(F)(F)F. The fourth-order valence-electron chi connectivity index (χ4n) is 1.73. The molecule has 2 aromatic rings. The molecule has 1 N–H and O–H groups in total. The summed E-state index contributed by atoms with van der Waals surface area (Å²) in [6.07, 6.45) is -3.29. The normalized spacial score (nSPS) is 12.4. The summed E-state index contributed by atoms with van der Waals surface area (Å²) in [4.78, 5) is 3.12. The van der Waals surface area contributed by atoms with Crippen LogP contribution >= 0.6 is 15.9 Å². The zero-order valence-corrected chi connectivity index (χ0v) is 13.3. The molecule has 0 aliphatic rings. The van der Waals surface area contributed by atoms with Gasteiger partial charge in [0.05, 0.1) is 22.7 Å². The molecule has 22 heavy (non-hydrogen) atoms. The molecule has 0 unspecified atom stereocenters. The Balaban J connectivity index is 2.28. The third kappa shape index (κ3) is 4.05. The lowest BCUT2D eigenvalue weighted by Crippen LogP contribution is -2.26. The second kappa shape index (κ2) is 6.35. The van der Waals surface area contributed by atoms with Crippen LogP contribution in [-0.2, 0) is 22.7 Å². The van der Waals surface area contributed by atoms with Gasteiger partial charge in [0.15, 0.2) is 0 Å². The van der Waals surface area contributed by atoms with E-state index < -0.39 is 26.7 Å². The standard InChI is InChI=1S/C13H10BrF3N2O2S/c14-9-5-6-18-10(7-9)8-19-22(20,21)12-4-2-1-3-11(12)13(15,16)17/h1-7,19H,8H2. The number of hydrogen-bond acceptors (Lipinski definition) is 3. The number of benzene rings is 1. The van der Waals surface area contributed by atoms with Crippen LogP contribution in [0.25, 0.3) is 0 Å². The first-order valence-electron chi connectivity index (χ1n) is 5.96. The molecule has 0 bridgehead atoms. The lowest BCUT2D eigenvalue weighted by Gasteiger charge is -2.13. The van der Waals surface area contributed by atoms with E-state index in [-0.39, 0.29) is 6.54 Å². The second-order valence-corrected chi connectivity index (χ2v) is 6.93. The zero-order chi connectivity index (χ0) is 16.4. The molecular weight excluding hydrogens is 385 g/mol. The van der Waals surface area contributed by atoms with Crippen molar-refractivity contribution in [2.75, 3.05) is 0 Å². The van der Waals surface area contributed by atoms with Crippen molar-refractivity contribution < 1.29 is 21.6 Å². The first-order valence-corrected chi connectivity index (χ1v) is 8.24. The van der Waals surface area contributed by atoms with Gasteiger partial charge in [-0.3, -0.25) is 4.98 Å². The van der Waals surface area contributed by atoms with E-state index in [0.29, 0.717) is 10.2 Å². The van der Waals surface area contributed by atoms with Gasteiger partial charge in [-0.25, -0.2) is 13.1 Å². The highest BCUT2D eigenvalue weighted by molar-refractivity contribution is 9.10. The molecule has 9 heteroatoms. The molecule has 0 saturated heterocycles. The van der Waals surface area contributed by atoms with Crippen LogP contribution in [0, 0.1) is 0 Å². The third-order valence-corrected chi connectivity index (χ3v) is 4.66. The summed E-state index contributed by atoms with van der Waals surface area (Å²) in [6, 6.07) is 7.24. The third-order valence-electron chi connectivity index (χ3n) is 2.70. The van der Waals surface area contributed by atoms with Crippen LogP contribution < -0.4 is 4.72 Å². The van der Waals surface area contributed by atoms with Gasteiger partial charge in [0.2, 0.25) is 10.0 Å². The quantitative estimate of drug-likeness (QED) is 0.864. The average Bonchev–Trinajstić information content (AvgIpc) is 2.45. The molecule has 1 aromatic carbocycles. The molecule has 118 valence electrons. The maximum absolute atomic E-state index is 12.9. The lowest BCUT2D eigenvalue weighted by atomic mass is 10.2. The van der Waals surface area contributed by atoms with Crippen LogP contribution in [0.3, 0.4) is 0 Å². The summed E-state index contributed by atoms with van der Waals surface area (Å²) < 4.78 is 65.7. The first kappa shape index (κ1) is 16.9. The van der Waals surface area contributed by atoms with E-state index in [1.54, 1.807) is 12.1 Å². The second-order valence-electron chi connectivity index (χ2n) is 4.28. The van der Waals surface area contributed by atoms with Crippen molar-refractivity contribution in [3.63, 3.8) is 0 Å². The van der Waals surface area contributed by atoms with E-state index in [0.717, 1.165) is 18.2 Å². The Morgan fingerprint density at radius 2 is 1.86 bits per heavy atom. The minimum Gasteiger partial charge on any atom is -0.260 e. The van der Waals surface area contributed by atoms with Gasteiger partial charge in [-0.15, -0.1) is 0 Å². The minimum atomic E-state index is -4.75. The van der Waals surface area contributed by atoms with Crippen LogP contribution in [0.2, 0.25) is 0 Å². The molecule has 4 nitrogen and oxygen atoms in total. The highest BCUT2D eigenvalue weighted by atomic mass is 79.9. The predicted octanol–water partition coefficient (Wildman–Crippen LogP) is 3.34. The number of sulfonamides is 1. The van der Waals surface area contributed by atoms with Crippen molar-refractivity contribution >= 4 is 26.0 Å².